The monoisotopic (exact) mass is 615 g/mol. The third-order valence-corrected chi connectivity index (χ3v) is 10.1. The number of hydrogen-bond acceptors (Lipinski definition) is 4. The number of nitrogens with zero attached hydrogens (tertiary/aromatic N) is 5. The van der Waals surface area contributed by atoms with E-state index in [2.05, 4.69) is 128 Å². The Balaban J connectivity index is 1.30. The topological polar surface area (TPSA) is 56.5 Å². The third-order valence-electron chi connectivity index (χ3n) is 10.1. The van der Waals surface area contributed by atoms with E-state index in [0.717, 1.165) is 66.4 Å². The first-order chi connectivity index (χ1) is 23.6. The number of rotatable bonds is 3. The van der Waals surface area contributed by atoms with Gasteiger partial charge in [-0.1, -0.05) is 111 Å². The second-order valence-electron chi connectivity index (χ2n) is 13.1. The zero-order chi connectivity index (χ0) is 32.0. The van der Waals surface area contributed by atoms with Crippen LogP contribution in [0, 0.1) is 0 Å². The van der Waals surface area contributed by atoms with Crippen molar-refractivity contribution in [1.82, 2.24) is 24.5 Å². The van der Waals surface area contributed by atoms with Gasteiger partial charge in [-0.05, 0) is 58.7 Å². The second kappa shape index (κ2) is 9.90. The van der Waals surface area contributed by atoms with Crippen molar-refractivity contribution in [2.75, 3.05) is 0 Å². The number of aromatic nitrogens is 5. The number of hydrogen-bond donors (Lipinski definition) is 0. The standard InChI is InChI=1S/C43H29N5/c1-43(2)34-16-8-6-13-29(34)30-21-19-28(25-35(30)43)40-46-39-33(22-18-27-20-23-36(45-38(27)39)26-11-4-3-5-12-26)42(47-40)48-37-17-9-7-14-31(37)32-15-10-24-44-41(32)48/h3-25H,1-2H3. The van der Waals surface area contributed by atoms with E-state index in [-0.39, 0.29) is 5.41 Å². The van der Waals surface area contributed by atoms with Gasteiger partial charge in [0, 0.05) is 44.3 Å². The summed E-state index contributed by atoms with van der Waals surface area (Å²) in [5.41, 5.74) is 11.6. The van der Waals surface area contributed by atoms with Crippen molar-refractivity contribution >= 4 is 43.7 Å². The second-order valence-corrected chi connectivity index (χ2v) is 13.1. The lowest BCUT2D eigenvalue weighted by molar-refractivity contribution is 0.660. The van der Waals surface area contributed by atoms with Crippen molar-refractivity contribution in [3.05, 3.63) is 151 Å². The Hall–Kier alpha value is -6.20. The first-order valence-corrected chi connectivity index (χ1v) is 16.3. The van der Waals surface area contributed by atoms with Gasteiger partial charge in [-0.15, -0.1) is 0 Å². The minimum atomic E-state index is -0.142. The molecule has 0 amide bonds. The van der Waals surface area contributed by atoms with Crippen LogP contribution in [0.25, 0.3) is 83.3 Å². The van der Waals surface area contributed by atoms with Crippen molar-refractivity contribution in [3.8, 4) is 39.6 Å². The Morgan fingerprint density at radius 3 is 2.23 bits per heavy atom. The molecular formula is C43H29N5. The average molecular weight is 616 g/mol. The summed E-state index contributed by atoms with van der Waals surface area (Å²) in [7, 11) is 0. The lowest BCUT2D eigenvalue weighted by Crippen LogP contribution is -2.15. The third kappa shape index (κ3) is 3.79. The number of fused-ring (bicyclic) bond motifs is 9. The van der Waals surface area contributed by atoms with Crippen LogP contribution in [0.1, 0.15) is 25.0 Å². The zero-order valence-corrected chi connectivity index (χ0v) is 26.5. The molecule has 4 heterocycles. The molecule has 0 aliphatic heterocycles. The van der Waals surface area contributed by atoms with Crippen LogP contribution < -0.4 is 0 Å². The fourth-order valence-corrected chi connectivity index (χ4v) is 7.68. The molecule has 226 valence electrons. The molecule has 48 heavy (non-hydrogen) atoms. The van der Waals surface area contributed by atoms with Gasteiger partial charge in [0.2, 0.25) is 0 Å². The Labute approximate surface area is 277 Å². The predicted molar refractivity (Wildman–Crippen MR) is 195 cm³/mol. The molecular weight excluding hydrogens is 587 g/mol. The van der Waals surface area contributed by atoms with Crippen molar-refractivity contribution in [2.45, 2.75) is 19.3 Å². The molecule has 0 N–H and O–H groups in total. The molecule has 4 aromatic heterocycles. The summed E-state index contributed by atoms with van der Waals surface area (Å²) in [5.74, 6) is 1.45. The molecule has 5 nitrogen and oxygen atoms in total. The molecule has 0 bridgehead atoms. The summed E-state index contributed by atoms with van der Waals surface area (Å²) in [6.07, 6.45) is 1.85. The molecule has 5 heteroatoms. The van der Waals surface area contributed by atoms with Crippen LogP contribution in [0.4, 0.5) is 0 Å². The van der Waals surface area contributed by atoms with Gasteiger partial charge in [0.1, 0.15) is 11.2 Å². The normalized spacial score (nSPS) is 13.4. The molecule has 1 aliphatic carbocycles. The fraction of sp³-hybridized carbons (Fsp3) is 0.0698. The maximum Gasteiger partial charge on any atom is 0.162 e. The summed E-state index contributed by atoms with van der Waals surface area (Å²) in [5, 5.41) is 4.18. The lowest BCUT2D eigenvalue weighted by Gasteiger charge is -2.22. The highest BCUT2D eigenvalue weighted by Gasteiger charge is 2.35. The van der Waals surface area contributed by atoms with Gasteiger partial charge >= 0.3 is 0 Å². The summed E-state index contributed by atoms with van der Waals surface area (Å²) in [4.78, 5) is 20.9. The van der Waals surface area contributed by atoms with Crippen molar-refractivity contribution < 1.29 is 0 Å². The fourth-order valence-electron chi connectivity index (χ4n) is 7.68. The first-order valence-electron chi connectivity index (χ1n) is 16.3. The largest absolute Gasteiger partial charge is 0.277 e. The highest BCUT2D eigenvalue weighted by atomic mass is 15.1. The number of pyridine rings is 2. The van der Waals surface area contributed by atoms with Gasteiger partial charge in [0.15, 0.2) is 11.6 Å². The van der Waals surface area contributed by atoms with Gasteiger partial charge in [0.25, 0.3) is 0 Å². The highest BCUT2D eigenvalue weighted by molar-refractivity contribution is 6.11. The van der Waals surface area contributed by atoms with Crippen LogP contribution in [0.5, 0.6) is 0 Å². The van der Waals surface area contributed by atoms with Gasteiger partial charge in [-0.25, -0.2) is 19.9 Å². The Bertz CT molecular complexity index is 2710. The van der Waals surface area contributed by atoms with Gasteiger partial charge in [0.05, 0.1) is 16.7 Å². The first kappa shape index (κ1) is 27.0. The molecule has 10 rings (SSSR count). The van der Waals surface area contributed by atoms with E-state index in [1.54, 1.807) is 0 Å². The maximum absolute atomic E-state index is 5.41. The van der Waals surface area contributed by atoms with Crippen LogP contribution in [0.3, 0.4) is 0 Å². The summed E-state index contributed by atoms with van der Waals surface area (Å²) < 4.78 is 2.19. The molecule has 1 aliphatic rings. The van der Waals surface area contributed by atoms with Crippen LogP contribution in [-0.2, 0) is 5.41 Å². The maximum atomic E-state index is 5.41. The Morgan fingerprint density at radius 1 is 0.542 bits per heavy atom. The molecule has 0 atom stereocenters. The van der Waals surface area contributed by atoms with E-state index >= 15 is 0 Å². The summed E-state index contributed by atoms with van der Waals surface area (Å²) in [6.45, 7) is 4.61. The van der Waals surface area contributed by atoms with Crippen molar-refractivity contribution in [1.29, 1.82) is 0 Å². The van der Waals surface area contributed by atoms with Gasteiger partial charge in [-0.3, -0.25) is 4.57 Å². The molecule has 0 spiro atoms. The summed E-state index contributed by atoms with van der Waals surface area (Å²) in [6, 6.07) is 46.8. The number of para-hydroxylation sites is 1. The van der Waals surface area contributed by atoms with E-state index in [1.165, 1.54) is 22.3 Å². The van der Waals surface area contributed by atoms with Crippen LogP contribution in [-0.4, -0.2) is 24.5 Å². The van der Waals surface area contributed by atoms with Gasteiger partial charge < -0.3 is 0 Å². The predicted octanol–water partition coefficient (Wildman–Crippen LogP) is 10.3. The Kier molecular flexibility index (Phi) is 5.56. The quantitative estimate of drug-likeness (QED) is 0.186. The van der Waals surface area contributed by atoms with E-state index in [4.69, 9.17) is 19.9 Å². The van der Waals surface area contributed by atoms with E-state index in [0.29, 0.717) is 5.82 Å². The average Bonchev–Trinajstić information content (AvgIpc) is 3.59. The molecule has 0 radical (unpaired) electrons. The van der Waals surface area contributed by atoms with Crippen LogP contribution in [0.2, 0.25) is 0 Å². The summed E-state index contributed by atoms with van der Waals surface area (Å²) >= 11 is 0. The van der Waals surface area contributed by atoms with Crippen molar-refractivity contribution in [2.24, 2.45) is 0 Å². The molecule has 0 fully saturated rings. The van der Waals surface area contributed by atoms with E-state index < -0.39 is 0 Å². The molecule has 0 saturated carbocycles. The van der Waals surface area contributed by atoms with Crippen LogP contribution >= 0.6 is 0 Å². The smallest absolute Gasteiger partial charge is 0.162 e. The van der Waals surface area contributed by atoms with Gasteiger partial charge in [-0.2, -0.15) is 0 Å². The molecule has 0 saturated heterocycles. The highest BCUT2D eigenvalue weighted by Crippen LogP contribution is 2.49. The zero-order valence-electron chi connectivity index (χ0n) is 26.5. The lowest BCUT2D eigenvalue weighted by atomic mass is 9.82. The van der Waals surface area contributed by atoms with Crippen molar-refractivity contribution in [3.63, 3.8) is 0 Å². The molecule has 5 aromatic carbocycles. The Morgan fingerprint density at radius 2 is 1.31 bits per heavy atom. The molecule has 9 aromatic rings. The van der Waals surface area contributed by atoms with Crippen LogP contribution in [0.15, 0.2) is 140 Å². The minimum Gasteiger partial charge on any atom is -0.277 e. The molecule has 0 unspecified atom stereocenters. The minimum absolute atomic E-state index is 0.142. The SMILES string of the molecule is CC1(C)c2ccccc2-c2ccc(-c3nc(-n4c5ccccc5c5cccnc54)c4ccc5ccc(-c6ccccc6)nc5c4n3)cc21. The van der Waals surface area contributed by atoms with E-state index in [1.807, 2.05) is 30.5 Å². The number of benzene rings is 5. The van der Waals surface area contributed by atoms with E-state index in [9.17, 15) is 0 Å².